The summed E-state index contributed by atoms with van der Waals surface area (Å²) >= 11 is 0. The van der Waals surface area contributed by atoms with Gasteiger partial charge in [-0.3, -0.25) is 14.9 Å². The molecule has 0 unspecified atom stereocenters. The fourth-order valence-electron chi connectivity index (χ4n) is 2.56. The third-order valence-electron chi connectivity index (χ3n) is 4.01. The van der Waals surface area contributed by atoms with Gasteiger partial charge >= 0.3 is 5.97 Å². The van der Waals surface area contributed by atoms with E-state index in [-0.39, 0.29) is 23.8 Å². The number of esters is 1. The smallest absolute Gasteiger partial charge is 0.343 e. The first-order valence-electron chi connectivity index (χ1n) is 7.92. The van der Waals surface area contributed by atoms with Crippen molar-refractivity contribution in [2.24, 2.45) is 0 Å². The number of nitrogens with zero attached hydrogens (tertiary/aromatic N) is 1. The monoisotopic (exact) mass is 369 g/mol. The molecule has 0 radical (unpaired) electrons. The van der Waals surface area contributed by atoms with Gasteiger partial charge in [-0.05, 0) is 42.8 Å². The number of fused-ring (bicyclic) bond motifs is 1. The molecule has 1 aliphatic rings. The molecule has 0 saturated heterocycles. The number of nitro benzene ring substituents is 1. The number of ether oxygens (including phenoxy) is 3. The maximum atomic E-state index is 12.5. The molecule has 2 aromatic rings. The third-order valence-corrected chi connectivity index (χ3v) is 4.01. The number of rotatable bonds is 5. The number of Topliss-reactive ketones (excluding diaryl/α,β-unsaturated/α-hetero) is 1. The Labute approximate surface area is 154 Å². The van der Waals surface area contributed by atoms with E-state index in [0.717, 1.165) is 0 Å². The Morgan fingerprint density at radius 2 is 1.93 bits per heavy atom. The predicted octanol–water partition coefficient (Wildman–Crippen LogP) is 3.07. The van der Waals surface area contributed by atoms with Gasteiger partial charge in [-0.2, -0.15) is 0 Å². The van der Waals surface area contributed by atoms with Gasteiger partial charge in [0.05, 0.1) is 17.6 Å². The second kappa shape index (κ2) is 7.28. The first-order chi connectivity index (χ1) is 12.9. The van der Waals surface area contributed by atoms with Gasteiger partial charge in [0, 0.05) is 17.7 Å². The second-order valence-corrected chi connectivity index (χ2v) is 5.72. The van der Waals surface area contributed by atoms with Gasteiger partial charge in [0.2, 0.25) is 5.78 Å². The number of carbonyl (C=O) groups excluding carboxylic acids is 2. The maximum Gasteiger partial charge on any atom is 0.343 e. The van der Waals surface area contributed by atoms with Crippen LogP contribution in [0.1, 0.15) is 21.5 Å². The van der Waals surface area contributed by atoms with Crippen LogP contribution in [0.5, 0.6) is 11.5 Å². The minimum Gasteiger partial charge on any atom is -0.481 e. The molecular weight excluding hydrogens is 354 g/mol. The van der Waals surface area contributed by atoms with Gasteiger partial charge in [-0.25, -0.2) is 4.79 Å². The lowest BCUT2D eigenvalue weighted by atomic mass is 10.1. The molecule has 0 saturated carbocycles. The number of ketones is 1. The number of allylic oxidation sites excluding steroid dienone is 1. The molecule has 0 N–H and O–H groups in total. The summed E-state index contributed by atoms with van der Waals surface area (Å²) < 4.78 is 15.6. The topological polar surface area (TPSA) is 105 Å². The number of carbonyl (C=O) groups is 2. The molecule has 1 aliphatic heterocycles. The molecule has 0 atom stereocenters. The number of methoxy groups -OCH3 is 1. The van der Waals surface area contributed by atoms with Crippen LogP contribution in [0.4, 0.5) is 5.69 Å². The Hall–Kier alpha value is -3.68. The SMILES string of the molecule is COC(=O)COc1ccc2c(c1C)O/C(=C\c1ccc([N+](=O)[O-])cc1)C2=O. The molecule has 8 heteroatoms. The lowest BCUT2D eigenvalue weighted by Gasteiger charge is -2.10. The van der Waals surface area contributed by atoms with Crippen LogP contribution in [-0.2, 0) is 9.53 Å². The lowest BCUT2D eigenvalue weighted by molar-refractivity contribution is -0.384. The third kappa shape index (κ3) is 3.64. The highest BCUT2D eigenvalue weighted by Crippen LogP contribution is 2.39. The van der Waals surface area contributed by atoms with E-state index in [1.807, 2.05) is 0 Å². The van der Waals surface area contributed by atoms with Gasteiger partial charge in [-0.15, -0.1) is 0 Å². The van der Waals surface area contributed by atoms with E-state index in [0.29, 0.717) is 28.2 Å². The largest absolute Gasteiger partial charge is 0.481 e. The molecule has 0 amide bonds. The van der Waals surface area contributed by atoms with Crippen molar-refractivity contribution in [1.82, 2.24) is 0 Å². The maximum absolute atomic E-state index is 12.5. The molecule has 3 rings (SSSR count). The molecule has 0 aromatic heterocycles. The van der Waals surface area contributed by atoms with Crippen molar-refractivity contribution in [2.45, 2.75) is 6.92 Å². The molecule has 0 fully saturated rings. The standard InChI is InChI=1S/C19H15NO7/c1-11-15(26-10-17(21)25-2)8-7-14-18(22)16(27-19(11)14)9-12-3-5-13(6-4-12)20(23)24/h3-9H,10H2,1-2H3/b16-9-. The Kier molecular flexibility index (Phi) is 4.89. The summed E-state index contributed by atoms with van der Waals surface area (Å²) in [7, 11) is 1.26. The van der Waals surface area contributed by atoms with Gasteiger partial charge in [0.1, 0.15) is 11.5 Å². The Morgan fingerprint density at radius 1 is 1.22 bits per heavy atom. The van der Waals surface area contributed by atoms with Crippen molar-refractivity contribution >= 4 is 23.5 Å². The van der Waals surface area contributed by atoms with E-state index < -0.39 is 10.9 Å². The zero-order valence-electron chi connectivity index (χ0n) is 14.6. The minimum atomic E-state index is -0.523. The Bertz CT molecular complexity index is 961. The first kappa shape index (κ1) is 18.1. The fourth-order valence-corrected chi connectivity index (χ4v) is 2.56. The van der Waals surface area contributed by atoms with E-state index in [2.05, 4.69) is 4.74 Å². The number of nitro groups is 1. The van der Waals surface area contributed by atoms with Crippen molar-refractivity contribution in [3.05, 3.63) is 69.0 Å². The van der Waals surface area contributed by atoms with Gasteiger partial charge in [-0.1, -0.05) is 0 Å². The molecular formula is C19H15NO7. The van der Waals surface area contributed by atoms with Crippen molar-refractivity contribution in [3.63, 3.8) is 0 Å². The fraction of sp³-hybridized carbons (Fsp3) is 0.158. The normalized spacial score (nSPS) is 13.9. The highest BCUT2D eigenvalue weighted by atomic mass is 16.6. The summed E-state index contributed by atoms with van der Waals surface area (Å²) in [5, 5.41) is 10.7. The van der Waals surface area contributed by atoms with E-state index in [1.165, 1.54) is 37.5 Å². The average Bonchev–Trinajstić information content (AvgIpc) is 2.98. The van der Waals surface area contributed by atoms with Crippen LogP contribution in [0.2, 0.25) is 0 Å². The Morgan fingerprint density at radius 3 is 2.56 bits per heavy atom. The second-order valence-electron chi connectivity index (χ2n) is 5.72. The quantitative estimate of drug-likeness (QED) is 0.345. The van der Waals surface area contributed by atoms with Crippen molar-refractivity contribution in [2.75, 3.05) is 13.7 Å². The molecule has 0 aliphatic carbocycles. The van der Waals surface area contributed by atoms with Gasteiger partial charge in [0.15, 0.2) is 12.4 Å². The average molecular weight is 369 g/mol. The van der Waals surface area contributed by atoms with Crippen LogP contribution in [0, 0.1) is 17.0 Å². The molecule has 1 heterocycles. The van der Waals surface area contributed by atoms with Crippen LogP contribution in [0.3, 0.4) is 0 Å². The highest BCUT2D eigenvalue weighted by Gasteiger charge is 2.30. The summed E-state index contributed by atoms with van der Waals surface area (Å²) in [6.45, 7) is 1.46. The van der Waals surface area contributed by atoms with Crippen LogP contribution < -0.4 is 9.47 Å². The molecule has 0 bridgehead atoms. The van der Waals surface area contributed by atoms with Crippen LogP contribution in [0.15, 0.2) is 42.2 Å². The van der Waals surface area contributed by atoms with Gasteiger partial charge in [0.25, 0.3) is 5.69 Å². The van der Waals surface area contributed by atoms with E-state index in [4.69, 9.17) is 9.47 Å². The highest BCUT2D eigenvalue weighted by molar-refractivity contribution is 6.15. The minimum absolute atomic E-state index is 0.0395. The number of hydrogen-bond acceptors (Lipinski definition) is 7. The van der Waals surface area contributed by atoms with Crippen molar-refractivity contribution in [3.8, 4) is 11.5 Å². The number of hydrogen-bond donors (Lipinski definition) is 0. The summed E-state index contributed by atoms with van der Waals surface area (Å²) in [4.78, 5) is 34.0. The molecule has 0 spiro atoms. The van der Waals surface area contributed by atoms with E-state index in [1.54, 1.807) is 19.1 Å². The van der Waals surface area contributed by atoms with Crippen LogP contribution >= 0.6 is 0 Å². The molecule has 27 heavy (non-hydrogen) atoms. The number of benzene rings is 2. The van der Waals surface area contributed by atoms with Crippen molar-refractivity contribution in [1.29, 1.82) is 0 Å². The molecule has 138 valence electrons. The molecule has 2 aromatic carbocycles. The molecule has 8 nitrogen and oxygen atoms in total. The number of non-ortho nitro benzene ring substituents is 1. The zero-order valence-corrected chi connectivity index (χ0v) is 14.6. The Balaban J connectivity index is 1.85. The summed E-state index contributed by atoms with van der Waals surface area (Å²) in [5.41, 5.74) is 1.52. The van der Waals surface area contributed by atoms with Crippen molar-refractivity contribution < 1.29 is 28.7 Å². The summed E-state index contributed by atoms with van der Waals surface area (Å²) in [6, 6.07) is 8.91. The zero-order chi connectivity index (χ0) is 19.6. The van der Waals surface area contributed by atoms with Gasteiger partial charge < -0.3 is 14.2 Å². The summed E-state index contributed by atoms with van der Waals surface area (Å²) in [6.07, 6.45) is 1.51. The summed E-state index contributed by atoms with van der Waals surface area (Å²) in [5.74, 6) is 0.0442. The van der Waals surface area contributed by atoms with Crippen LogP contribution in [-0.4, -0.2) is 30.4 Å². The lowest BCUT2D eigenvalue weighted by Crippen LogP contribution is -2.13. The predicted molar refractivity (Wildman–Crippen MR) is 94.7 cm³/mol. The van der Waals surface area contributed by atoms with E-state index in [9.17, 15) is 19.7 Å². The first-order valence-corrected chi connectivity index (χ1v) is 7.92. The van der Waals surface area contributed by atoms with E-state index >= 15 is 0 Å². The van der Waals surface area contributed by atoms with Crippen LogP contribution in [0.25, 0.3) is 6.08 Å².